The van der Waals surface area contributed by atoms with Gasteiger partial charge in [0.05, 0.1) is 13.4 Å². The Labute approximate surface area is 82.3 Å². The molecule has 0 bridgehead atoms. The van der Waals surface area contributed by atoms with Crippen LogP contribution >= 0.6 is 0 Å². The third-order valence-electron chi connectivity index (χ3n) is 0.836. The number of hydrogen-bond acceptors (Lipinski definition) is 3. The van der Waals surface area contributed by atoms with Crippen molar-refractivity contribution in [1.82, 2.24) is 0 Å². The lowest BCUT2D eigenvalue weighted by Crippen LogP contribution is -1.91. The van der Waals surface area contributed by atoms with E-state index in [4.69, 9.17) is 10.2 Å². The highest BCUT2D eigenvalue weighted by Crippen LogP contribution is 1.76. The molecule has 5 nitrogen and oxygen atoms in total. The molecule has 0 unspecified atom stereocenters. The Kier molecular flexibility index (Phi) is 11.8. The van der Waals surface area contributed by atoms with Crippen LogP contribution in [-0.2, 0) is 14.3 Å². The smallest absolute Gasteiger partial charge is 0.328 e. The summed E-state index contributed by atoms with van der Waals surface area (Å²) < 4.78 is 4.60. The Bertz CT molecular complexity index is 195. The van der Waals surface area contributed by atoms with Crippen LogP contribution in [0.3, 0.4) is 0 Å². The zero-order valence-corrected chi connectivity index (χ0v) is 8.14. The average molecular weight is 202 g/mol. The number of ether oxygens (including phenoxy) is 1. The van der Waals surface area contributed by atoms with Gasteiger partial charge in [-0.15, -0.1) is 0 Å². The topological polar surface area (TPSA) is 83.8 Å². The first-order valence-corrected chi connectivity index (χ1v) is 3.86. The molecule has 14 heavy (non-hydrogen) atoms. The normalized spacial score (nSPS) is 9.57. The fourth-order valence-corrected chi connectivity index (χ4v) is 0.335. The largest absolute Gasteiger partial charge is 0.505 e. The second kappa shape index (κ2) is 11.2. The van der Waals surface area contributed by atoms with Crippen molar-refractivity contribution in [3.63, 3.8) is 0 Å². The van der Waals surface area contributed by atoms with Crippen molar-refractivity contribution >= 4 is 11.9 Å². The van der Waals surface area contributed by atoms with E-state index in [1.165, 1.54) is 0 Å². The van der Waals surface area contributed by atoms with Gasteiger partial charge in [0.1, 0.15) is 0 Å². The third-order valence-corrected chi connectivity index (χ3v) is 0.836. The van der Waals surface area contributed by atoms with E-state index in [0.717, 1.165) is 6.42 Å². The quantitative estimate of drug-likeness (QED) is 0.529. The van der Waals surface area contributed by atoms with Gasteiger partial charge < -0.3 is 14.9 Å². The summed E-state index contributed by atoms with van der Waals surface area (Å²) in [6.07, 6.45) is 5.80. The van der Waals surface area contributed by atoms with Gasteiger partial charge in [-0.3, -0.25) is 0 Å². The van der Waals surface area contributed by atoms with Gasteiger partial charge in [0, 0.05) is 12.2 Å². The molecule has 2 N–H and O–H groups in total. The summed E-state index contributed by atoms with van der Waals surface area (Å²) in [6.45, 7) is 2.06. The fourth-order valence-electron chi connectivity index (χ4n) is 0.335. The van der Waals surface area contributed by atoms with Crippen LogP contribution in [0, 0.1) is 0 Å². The molecule has 0 atom stereocenters. The minimum Gasteiger partial charge on any atom is -0.505 e. The van der Waals surface area contributed by atoms with Crippen LogP contribution in [0.15, 0.2) is 24.5 Å². The summed E-state index contributed by atoms with van der Waals surface area (Å²) in [4.78, 5) is 19.1. The van der Waals surface area contributed by atoms with E-state index in [-0.39, 0.29) is 0 Å². The van der Waals surface area contributed by atoms with Gasteiger partial charge in [-0.05, 0) is 6.42 Å². The molecule has 0 aliphatic rings. The van der Waals surface area contributed by atoms with E-state index in [0.29, 0.717) is 12.2 Å². The third kappa shape index (κ3) is 22.5. The van der Waals surface area contributed by atoms with Crippen molar-refractivity contribution in [2.75, 3.05) is 7.11 Å². The molecule has 0 saturated carbocycles. The molecule has 0 heterocycles. The maximum absolute atomic E-state index is 9.55. The minimum absolute atomic E-state index is 0.558. The van der Waals surface area contributed by atoms with Gasteiger partial charge in [0.25, 0.3) is 0 Å². The van der Waals surface area contributed by atoms with Crippen LogP contribution in [0.4, 0.5) is 0 Å². The number of aliphatic carboxylic acids is 2. The Balaban J connectivity index is 0. The van der Waals surface area contributed by atoms with Crippen LogP contribution in [0.2, 0.25) is 0 Å². The maximum Gasteiger partial charge on any atom is 0.328 e. The van der Waals surface area contributed by atoms with Crippen molar-refractivity contribution in [3.05, 3.63) is 24.5 Å². The lowest BCUT2D eigenvalue weighted by atomic mass is 10.5. The molecule has 0 fully saturated rings. The Morgan fingerprint density at radius 1 is 1.21 bits per heavy atom. The maximum atomic E-state index is 9.55. The highest BCUT2D eigenvalue weighted by atomic mass is 16.5. The zero-order chi connectivity index (χ0) is 11.4. The molecule has 0 aromatic carbocycles. The average Bonchev–Trinajstić information content (AvgIpc) is 2.12. The van der Waals surface area contributed by atoms with Gasteiger partial charge >= 0.3 is 11.9 Å². The first-order chi connectivity index (χ1) is 6.54. The van der Waals surface area contributed by atoms with Crippen molar-refractivity contribution in [2.24, 2.45) is 0 Å². The Hall–Kier alpha value is -1.78. The van der Waals surface area contributed by atoms with E-state index in [1.807, 2.05) is 6.08 Å². The van der Waals surface area contributed by atoms with E-state index >= 15 is 0 Å². The molecule has 0 spiro atoms. The van der Waals surface area contributed by atoms with Crippen molar-refractivity contribution in [1.29, 1.82) is 0 Å². The molecule has 0 saturated heterocycles. The number of carboxylic acids is 2. The van der Waals surface area contributed by atoms with Gasteiger partial charge in [0.15, 0.2) is 0 Å². The molecule has 0 aliphatic carbocycles. The molecule has 0 amide bonds. The number of methoxy groups -OCH3 is 1. The predicted octanol–water partition coefficient (Wildman–Crippen LogP) is 1.27. The highest BCUT2D eigenvalue weighted by Gasteiger charge is 1.88. The summed E-state index contributed by atoms with van der Waals surface area (Å²) in [7, 11) is 1.64. The first-order valence-electron chi connectivity index (χ1n) is 3.86. The highest BCUT2D eigenvalue weighted by molar-refractivity contribution is 5.89. The minimum atomic E-state index is -1.26. The van der Waals surface area contributed by atoms with Crippen LogP contribution in [0.25, 0.3) is 0 Å². The molecule has 5 heteroatoms. The number of carbonyl (C=O) groups is 2. The number of hydrogen-bond donors (Lipinski definition) is 2. The number of allylic oxidation sites excluding steroid dienone is 1. The van der Waals surface area contributed by atoms with Gasteiger partial charge in [0.2, 0.25) is 0 Å². The summed E-state index contributed by atoms with van der Waals surface area (Å²) in [6, 6.07) is 0. The zero-order valence-electron chi connectivity index (χ0n) is 8.14. The fraction of sp³-hybridized carbons (Fsp3) is 0.333. The summed E-state index contributed by atoms with van der Waals surface area (Å²) in [5.41, 5.74) is 0. The Morgan fingerprint density at radius 3 is 1.79 bits per heavy atom. The van der Waals surface area contributed by atoms with Crippen LogP contribution in [0.1, 0.15) is 13.3 Å². The molecular formula is C9H14O5. The molecular weight excluding hydrogens is 188 g/mol. The lowest BCUT2D eigenvalue weighted by molar-refractivity contribution is -0.134. The summed E-state index contributed by atoms with van der Waals surface area (Å²) >= 11 is 0. The standard InChI is InChI=1S/C5H10O.C4H4O4/c1-3-4-5-6-2;5-3(6)1-2-4(7)8/h4-5H,3H2,1-2H3;1-2H,(H,5,6)(H,7,8). The van der Waals surface area contributed by atoms with Crippen LogP contribution < -0.4 is 0 Å². The molecule has 0 aromatic rings. The molecule has 0 aromatic heterocycles. The van der Waals surface area contributed by atoms with Gasteiger partial charge in [-0.1, -0.05) is 13.0 Å². The first kappa shape index (κ1) is 14.7. The van der Waals surface area contributed by atoms with Crippen molar-refractivity contribution in [3.8, 4) is 0 Å². The summed E-state index contributed by atoms with van der Waals surface area (Å²) in [5, 5.41) is 15.6. The second-order valence-corrected chi connectivity index (χ2v) is 2.03. The molecule has 0 aliphatic heterocycles. The van der Waals surface area contributed by atoms with Crippen molar-refractivity contribution < 1.29 is 24.5 Å². The van der Waals surface area contributed by atoms with Crippen molar-refractivity contribution in [2.45, 2.75) is 13.3 Å². The van der Waals surface area contributed by atoms with E-state index in [9.17, 15) is 9.59 Å². The van der Waals surface area contributed by atoms with Crippen LogP contribution in [-0.4, -0.2) is 29.3 Å². The number of carboxylic acid groups (broad SMARTS) is 2. The van der Waals surface area contributed by atoms with E-state index in [1.54, 1.807) is 13.4 Å². The van der Waals surface area contributed by atoms with E-state index in [2.05, 4.69) is 11.7 Å². The number of rotatable bonds is 4. The Morgan fingerprint density at radius 2 is 1.64 bits per heavy atom. The molecule has 0 radical (unpaired) electrons. The SMILES string of the molecule is CCC=COC.O=C(O)C=CC(=O)O. The summed E-state index contributed by atoms with van der Waals surface area (Å²) in [5.74, 6) is -2.51. The van der Waals surface area contributed by atoms with Gasteiger partial charge in [-0.25, -0.2) is 9.59 Å². The predicted molar refractivity (Wildman–Crippen MR) is 50.9 cm³/mol. The molecule has 80 valence electrons. The van der Waals surface area contributed by atoms with Crippen LogP contribution in [0.5, 0.6) is 0 Å². The van der Waals surface area contributed by atoms with Gasteiger partial charge in [-0.2, -0.15) is 0 Å². The monoisotopic (exact) mass is 202 g/mol. The second-order valence-electron chi connectivity index (χ2n) is 2.03. The van der Waals surface area contributed by atoms with E-state index < -0.39 is 11.9 Å². The molecule has 0 rings (SSSR count). The lowest BCUT2D eigenvalue weighted by Gasteiger charge is -1.80.